The van der Waals surface area contributed by atoms with Crippen molar-refractivity contribution in [3.63, 3.8) is 0 Å². The van der Waals surface area contributed by atoms with Gasteiger partial charge in [0.05, 0.1) is 0 Å². The number of fused-ring (bicyclic) bond motifs is 3. The molecule has 2 heteroatoms. The van der Waals surface area contributed by atoms with Gasteiger partial charge in [-0.3, -0.25) is 4.98 Å². The van der Waals surface area contributed by atoms with E-state index in [-0.39, 0.29) is 0 Å². The average Bonchev–Trinajstić information content (AvgIpc) is 3.04. The molecule has 0 bridgehead atoms. The molecule has 1 aromatic heterocycles. The van der Waals surface area contributed by atoms with Crippen molar-refractivity contribution in [2.24, 2.45) is 0 Å². The Morgan fingerprint density at radius 1 is 0.634 bits per heavy atom. The van der Waals surface area contributed by atoms with Crippen molar-refractivity contribution in [3.05, 3.63) is 138 Å². The topological polar surface area (TPSA) is 22.1 Å². The number of rotatable bonds is 3. The van der Waals surface area contributed by atoms with Crippen molar-refractivity contribution in [2.75, 3.05) is 0 Å². The maximum absolute atomic E-state index is 6.77. The molecule has 0 saturated heterocycles. The van der Waals surface area contributed by atoms with Gasteiger partial charge in [0, 0.05) is 28.6 Å². The third kappa shape index (κ3) is 3.34. The van der Waals surface area contributed by atoms with Gasteiger partial charge >= 0.3 is 0 Å². The molecule has 2 aliphatic carbocycles. The summed E-state index contributed by atoms with van der Waals surface area (Å²) in [6.45, 7) is 0. The molecule has 192 valence electrons. The second-order valence-corrected chi connectivity index (χ2v) is 11.0. The van der Waals surface area contributed by atoms with Crippen molar-refractivity contribution in [1.82, 2.24) is 4.98 Å². The van der Waals surface area contributed by atoms with Gasteiger partial charge < -0.3 is 4.74 Å². The standard InChI is InChI=1S/C39H25NO/c1-2-7-28-22-29(17-14-24(28)6-1)41-39-33-11-4-3-10-30(33)38(35-23-40-21-20-34(35)39)32-19-16-27-13-12-25-8-5-9-26-15-18-31(32)37(27)36(25)26/h1-7,9-12,14-23H,8,13H2. The molecule has 1 heterocycles. The second kappa shape index (κ2) is 8.64. The third-order valence-corrected chi connectivity index (χ3v) is 8.81. The Kier molecular flexibility index (Phi) is 4.76. The van der Waals surface area contributed by atoms with Crippen LogP contribution in [-0.2, 0) is 6.42 Å². The van der Waals surface area contributed by atoms with Crippen molar-refractivity contribution in [3.8, 4) is 22.6 Å². The quantitative estimate of drug-likeness (QED) is 0.215. The highest BCUT2D eigenvalue weighted by atomic mass is 16.5. The van der Waals surface area contributed by atoms with Crippen LogP contribution in [0.1, 0.15) is 23.1 Å². The van der Waals surface area contributed by atoms with Crippen LogP contribution < -0.4 is 4.74 Å². The molecular weight excluding hydrogens is 498 g/mol. The zero-order chi connectivity index (χ0) is 26.9. The summed E-state index contributed by atoms with van der Waals surface area (Å²) in [5.41, 5.74) is 8.05. The molecule has 9 rings (SSSR count). The van der Waals surface area contributed by atoms with Gasteiger partial charge in [-0.15, -0.1) is 0 Å². The molecule has 0 radical (unpaired) electrons. The van der Waals surface area contributed by atoms with Gasteiger partial charge in [-0.25, -0.2) is 0 Å². The van der Waals surface area contributed by atoms with Gasteiger partial charge in [-0.1, -0.05) is 97.1 Å². The second-order valence-electron chi connectivity index (χ2n) is 11.0. The molecule has 0 N–H and O–H groups in total. The van der Waals surface area contributed by atoms with Crippen LogP contribution in [-0.4, -0.2) is 4.98 Å². The minimum Gasteiger partial charge on any atom is -0.456 e. The first-order valence-corrected chi connectivity index (χ1v) is 14.2. The van der Waals surface area contributed by atoms with Gasteiger partial charge in [0.1, 0.15) is 11.5 Å². The molecule has 7 aromatic rings. The van der Waals surface area contributed by atoms with Crippen LogP contribution in [0.4, 0.5) is 0 Å². The lowest BCUT2D eigenvalue weighted by atomic mass is 9.79. The zero-order valence-electron chi connectivity index (χ0n) is 22.4. The fraction of sp³-hybridized carbons (Fsp3) is 0.0513. The van der Waals surface area contributed by atoms with E-state index in [1.165, 1.54) is 54.9 Å². The zero-order valence-corrected chi connectivity index (χ0v) is 22.4. The normalized spacial score (nSPS) is 13.7. The van der Waals surface area contributed by atoms with E-state index in [1.807, 2.05) is 12.4 Å². The lowest BCUT2D eigenvalue weighted by Gasteiger charge is -2.25. The number of nitrogens with zero attached hydrogens (tertiary/aromatic N) is 1. The van der Waals surface area contributed by atoms with E-state index in [4.69, 9.17) is 4.74 Å². The summed E-state index contributed by atoms with van der Waals surface area (Å²) in [7, 11) is 0. The van der Waals surface area contributed by atoms with Gasteiger partial charge in [-0.2, -0.15) is 0 Å². The molecule has 0 spiro atoms. The van der Waals surface area contributed by atoms with E-state index in [1.54, 1.807) is 0 Å². The van der Waals surface area contributed by atoms with Gasteiger partial charge in [0.2, 0.25) is 0 Å². The van der Waals surface area contributed by atoms with Gasteiger partial charge in [0.25, 0.3) is 0 Å². The highest BCUT2D eigenvalue weighted by Crippen LogP contribution is 2.48. The van der Waals surface area contributed by atoms with Crippen LogP contribution in [0.3, 0.4) is 0 Å². The van der Waals surface area contributed by atoms with Crippen LogP contribution in [0, 0.1) is 0 Å². The third-order valence-electron chi connectivity index (χ3n) is 8.81. The van der Waals surface area contributed by atoms with Crippen LogP contribution in [0.2, 0.25) is 0 Å². The van der Waals surface area contributed by atoms with Crippen LogP contribution in [0.15, 0.2) is 122 Å². The van der Waals surface area contributed by atoms with Crippen molar-refractivity contribution in [2.45, 2.75) is 12.8 Å². The van der Waals surface area contributed by atoms with Crippen molar-refractivity contribution in [1.29, 1.82) is 0 Å². The summed E-state index contributed by atoms with van der Waals surface area (Å²) < 4.78 is 6.77. The summed E-state index contributed by atoms with van der Waals surface area (Å²) in [5, 5.41) is 9.50. The molecule has 0 unspecified atom stereocenters. The molecule has 0 fully saturated rings. The SMILES string of the molecule is C1=Cc2ccc3c(-c4c5ccccc5c(Oc5ccc6ccccc6c5)c5ccncc45)ccc4c3c2C(=CC4)C1. The maximum Gasteiger partial charge on any atom is 0.143 e. The predicted molar refractivity (Wildman–Crippen MR) is 172 cm³/mol. The van der Waals surface area contributed by atoms with Crippen LogP contribution >= 0.6 is 0 Å². The van der Waals surface area contributed by atoms with E-state index >= 15 is 0 Å². The average molecular weight is 524 g/mol. The lowest BCUT2D eigenvalue weighted by Crippen LogP contribution is -2.04. The Hall–Kier alpha value is -5.21. The largest absolute Gasteiger partial charge is 0.456 e. The Morgan fingerprint density at radius 2 is 1.49 bits per heavy atom. The first-order valence-electron chi connectivity index (χ1n) is 14.2. The number of pyridine rings is 1. The van der Waals surface area contributed by atoms with E-state index in [0.717, 1.165) is 45.9 Å². The number of hydrogen-bond acceptors (Lipinski definition) is 2. The molecule has 0 saturated carbocycles. The summed E-state index contributed by atoms with van der Waals surface area (Å²) in [5.74, 6) is 1.70. The summed E-state index contributed by atoms with van der Waals surface area (Å²) in [6, 6.07) is 34.7. The Balaban J connectivity index is 1.34. The molecule has 0 amide bonds. The Morgan fingerprint density at radius 3 is 2.44 bits per heavy atom. The number of aromatic nitrogens is 1. The molecule has 0 aliphatic heterocycles. The first-order chi connectivity index (χ1) is 20.3. The van der Waals surface area contributed by atoms with Crippen LogP contribution in [0.5, 0.6) is 11.5 Å². The summed E-state index contributed by atoms with van der Waals surface area (Å²) in [4.78, 5) is 4.61. The highest BCUT2D eigenvalue weighted by Gasteiger charge is 2.23. The number of allylic oxidation sites excluding steroid dienone is 3. The van der Waals surface area contributed by atoms with Gasteiger partial charge in [0.15, 0.2) is 0 Å². The van der Waals surface area contributed by atoms with Gasteiger partial charge in [-0.05, 0) is 91.4 Å². The Bertz CT molecular complexity index is 2230. The summed E-state index contributed by atoms with van der Waals surface area (Å²) >= 11 is 0. The van der Waals surface area contributed by atoms with E-state index in [9.17, 15) is 0 Å². The molecule has 2 nitrogen and oxygen atoms in total. The van der Waals surface area contributed by atoms with E-state index < -0.39 is 0 Å². The molecular formula is C39H25NO. The number of benzene rings is 6. The van der Waals surface area contributed by atoms with Crippen molar-refractivity contribution >= 4 is 54.7 Å². The molecule has 2 aliphatic rings. The minimum absolute atomic E-state index is 0.829. The maximum atomic E-state index is 6.77. The fourth-order valence-corrected chi connectivity index (χ4v) is 6.97. The monoisotopic (exact) mass is 523 g/mol. The number of ether oxygens (including phenoxy) is 1. The molecule has 0 atom stereocenters. The lowest BCUT2D eigenvalue weighted by molar-refractivity contribution is 0.494. The van der Waals surface area contributed by atoms with Crippen molar-refractivity contribution < 1.29 is 4.74 Å². The number of hydrogen-bond donors (Lipinski definition) is 0. The first kappa shape index (κ1) is 22.6. The smallest absolute Gasteiger partial charge is 0.143 e. The van der Waals surface area contributed by atoms with E-state index in [2.05, 4.69) is 120 Å². The van der Waals surface area contributed by atoms with E-state index in [0.29, 0.717) is 0 Å². The Labute approximate surface area is 237 Å². The molecule has 6 aromatic carbocycles. The summed E-state index contributed by atoms with van der Waals surface area (Å²) in [6.07, 6.45) is 12.8. The molecule has 41 heavy (non-hydrogen) atoms. The predicted octanol–water partition coefficient (Wildman–Crippen LogP) is 10.5. The highest BCUT2D eigenvalue weighted by molar-refractivity contribution is 6.21. The minimum atomic E-state index is 0.829. The van der Waals surface area contributed by atoms with Crippen LogP contribution in [0.25, 0.3) is 65.9 Å². The fourth-order valence-electron chi connectivity index (χ4n) is 6.97.